The van der Waals surface area contributed by atoms with E-state index in [1.54, 1.807) is 0 Å². The summed E-state index contributed by atoms with van der Waals surface area (Å²) in [4.78, 5) is 29.7. The van der Waals surface area contributed by atoms with Gasteiger partial charge in [-0.1, -0.05) is 39.5 Å². The highest BCUT2D eigenvalue weighted by Crippen LogP contribution is 2.20. The van der Waals surface area contributed by atoms with Crippen LogP contribution >= 0.6 is 11.6 Å². The van der Waals surface area contributed by atoms with E-state index in [0.717, 1.165) is 19.3 Å². The summed E-state index contributed by atoms with van der Waals surface area (Å²) in [6.45, 7) is 4.22. The molecule has 1 atom stereocenters. The van der Waals surface area contributed by atoms with E-state index >= 15 is 0 Å². The van der Waals surface area contributed by atoms with Crippen LogP contribution in [0.3, 0.4) is 0 Å². The van der Waals surface area contributed by atoms with Crippen LogP contribution in [0.25, 0.3) is 0 Å². The minimum Gasteiger partial charge on any atom is -0.247 e. The second kappa shape index (κ2) is 9.87. The summed E-state index contributed by atoms with van der Waals surface area (Å²) < 4.78 is 35.5. The van der Waals surface area contributed by atoms with E-state index in [1.165, 1.54) is 0 Å². The topological polar surface area (TPSA) is 52.6 Å². The molecule has 0 spiro atoms. The molecule has 0 aliphatic carbocycles. The molecule has 0 radical (unpaired) electrons. The molecular formula is C13H20ClF3O4. The molecule has 1 unspecified atom stereocenters. The Bertz CT molecular complexity index is 332. The van der Waals surface area contributed by atoms with Crippen LogP contribution in [0, 0.1) is 5.92 Å². The molecule has 8 heteroatoms. The lowest BCUT2D eigenvalue weighted by Gasteiger charge is -2.09. The Morgan fingerprint density at radius 3 is 2.14 bits per heavy atom. The summed E-state index contributed by atoms with van der Waals surface area (Å²) in [7, 11) is 0. The second-order valence-corrected chi connectivity index (χ2v) is 5.68. The van der Waals surface area contributed by atoms with E-state index in [4.69, 9.17) is 11.6 Å². The molecule has 0 aromatic heterocycles. The summed E-state index contributed by atoms with van der Waals surface area (Å²) in [6, 6.07) is 0. The number of alkyl halides is 4. The maximum absolute atomic E-state index is 11.8. The number of unbranched alkanes of at least 4 members (excludes halogenated alkanes) is 2. The predicted molar refractivity (Wildman–Crippen MR) is 70.4 cm³/mol. The zero-order valence-electron chi connectivity index (χ0n) is 12.0. The van der Waals surface area contributed by atoms with Crippen molar-refractivity contribution in [2.24, 2.45) is 5.92 Å². The molecule has 0 rings (SSSR count). The minimum absolute atomic E-state index is 0.315. The van der Waals surface area contributed by atoms with Gasteiger partial charge in [0.25, 0.3) is 0 Å². The van der Waals surface area contributed by atoms with Crippen LogP contribution in [0.15, 0.2) is 0 Å². The largest absolute Gasteiger partial charge is 0.399 e. The SMILES string of the molecule is CC(C)CCCCCC(Cl)C(=O)OOC(=O)CC(F)(F)F. The van der Waals surface area contributed by atoms with Gasteiger partial charge in [-0.05, 0) is 12.3 Å². The van der Waals surface area contributed by atoms with Gasteiger partial charge in [-0.15, -0.1) is 11.6 Å². The van der Waals surface area contributed by atoms with Gasteiger partial charge in [0.2, 0.25) is 0 Å². The molecule has 0 aromatic carbocycles. The highest BCUT2D eigenvalue weighted by Gasteiger charge is 2.33. The third-order valence-corrected chi connectivity index (χ3v) is 2.95. The monoisotopic (exact) mass is 332 g/mol. The number of rotatable bonds is 8. The van der Waals surface area contributed by atoms with Crippen LogP contribution < -0.4 is 0 Å². The molecule has 0 heterocycles. The molecule has 0 bridgehead atoms. The molecule has 124 valence electrons. The van der Waals surface area contributed by atoms with Crippen molar-refractivity contribution in [3.63, 3.8) is 0 Å². The normalized spacial score (nSPS) is 13.1. The smallest absolute Gasteiger partial charge is 0.247 e. The summed E-state index contributed by atoms with van der Waals surface area (Å²) in [5, 5.41) is -1.04. The molecule has 0 aromatic rings. The fraction of sp³-hybridized carbons (Fsp3) is 0.846. The molecule has 0 amide bonds. The van der Waals surface area contributed by atoms with Crippen molar-refractivity contribution in [3.05, 3.63) is 0 Å². The first-order valence-electron chi connectivity index (χ1n) is 6.74. The zero-order chi connectivity index (χ0) is 16.5. The Morgan fingerprint density at radius 2 is 1.62 bits per heavy atom. The molecule has 21 heavy (non-hydrogen) atoms. The third-order valence-electron chi connectivity index (χ3n) is 2.56. The summed E-state index contributed by atoms with van der Waals surface area (Å²) in [5.74, 6) is -2.14. The van der Waals surface area contributed by atoms with Gasteiger partial charge >= 0.3 is 18.1 Å². The van der Waals surface area contributed by atoms with Crippen LogP contribution in [0.5, 0.6) is 0 Å². The van der Waals surface area contributed by atoms with Crippen molar-refractivity contribution in [3.8, 4) is 0 Å². The highest BCUT2D eigenvalue weighted by molar-refractivity contribution is 6.29. The summed E-state index contributed by atoms with van der Waals surface area (Å²) in [6.07, 6.45) is -2.55. The van der Waals surface area contributed by atoms with Crippen molar-refractivity contribution in [2.75, 3.05) is 0 Å². The average Bonchev–Trinajstić information content (AvgIpc) is 2.32. The Kier molecular flexibility index (Phi) is 9.41. The van der Waals surface area contributed by atoms with Crippen LogP contribution in [0.2, 0.25) is 0 Å². The van der Waals surface area contributed by atoms with Gasteiger partial charge in [-0.2, -0.15) is 13.2 Å². The van der Waals surface area contributed by atoms with Crippen LogP contribution in [0.4, 0.5) is 13.2 Å². The Balaban J connectivity index is 3.78. The van der Waals surface area contributed by atoms with Crippen LogP contribution in [-0.4, -0.2) is 23.5 Å². The second-order valence-electron chi connectivity index (χ2n) is 5.15. The number of hydrogen-bond acceptors (Lipinski definition) is 4. The predicted octanol–water partition coefficient (Wildman–Crippen LogP) is 4.15. The van der Waals surface area contributed by atoms with E-state index in [2.05, 4.69) is 23.6 Å². The van der Waals surface area contributed by atoms with Gasteiger partial charge in [0.1, 0.15) is 11.8 Å². The summed E-state index contributed by atoms with van der Waals surface area (Å²) in [5.41, 5.74) is 0. The molecular weight excluding hydrogens is 313 g/mol. The van der Waals surface area contributed by atoms with Gasteiger partial charge in [-0.3, -0.25) is 0 Å². The quantitative estimate of drug-likeness (QED) is 0.290. The van der Waals surface area contributed by atoms with Crippen molar-refractivity contribution < 1.29 is 32.5 Å². The van der Waals surface area contributed by atoms with Crippen LogP contribution in [0.1, 0.15) is 52.4 Å². The molecule has 0 saturated heterocycles. The lowest BCUT2D eigenvalue weighted by Crippen LogP contribution is -2.23. The van der Waals surface area contributed by atoms with Gasteiger partial charge < -0.3 is 0 Å². The third kappa shape index (κ3) is 12.5. The maximum Gasteiger partial charge on any atom is 0.399 e. The van der Waals surface area contributed by atoms with Crippen molar-refractivity contribution in [2.45, 2.75) is 63.9 Å². The van der Waals surface area contributed by atoms with Crippen molar-refractivity contribution >= 4 is 23.5 Å². The highest BCUT2D eigenvalue weighted by atomic mass is 35.5. The number of halogens is 4. The summed E-state index contributed by atoms with van der Waals surface area (Å²) >= 11 is 5.70. The first-order valence-corrected chi connectivity index (χ1v) is 7.17. The molecule has 4 nitrogen and oxygen atoms in total. The lowest BCUT2D eigenvalue weighted by molar-refractivity contribution is -0.265. The molecule has 0 fully saturated rings. The first-order chi connectivity index (χ1) is 9.61. The molecule has 0 aliphatic rings. The fourth-order valence-corrected chi connectivity index (χ4v) is 1.69. The molecule has 0 saturated carbocycles. The number of carbonyl (C=O) groups excluding carboxylic acids is 2. The lowest BCUT2D eigenvalue weighted by atomic mass is 10.0. The minimum atomic E-state index is -4.71. The van der Waals surface area contributed by atoms with E-state index in [0.29, 0.717) is 18.8 Å². The van der Waals surface area contributed by atoms with Crippen LogP contribution in [-0.2, 0) is 19.4 Å². The van der Waals surface area contributed by atoms with Crippen molar-refractivity contribution in [1.82, 2.24) is 0 Å². The standard InChI is InChI=1S/C13H20ClF3O4/c1-9(2)6-4-3-5-7-10(14)12(19)21-20-11(18)8-13(15,16)17/h9-10H,3-8H2,1-2H3. The first kappa shape index (κ1) is 20.0. The number of carbonyl (C=O) groups is 2. The fourth-order valence-electron chi connectivity index (χ4n) is 1.50. The van der Waals surface area contributed by atoms with Gasteiger partial charge in [-0.25, -0.2) is 19.4 Å². The van der Waals surface area contributed by atoms with E-state index < -0.39 is 29.9 Å². The Morgan fingerprint density at radius 1 is 1.05 bits per heavy atom. The van der Waals surface area contributed by atoms with Gasteiger partial charge in [0.05, 0.1) is 0 Å². The Labute approximate surface area is 126 Å². The molecule has 0 N–H and O–H groups in total. The Hall–Kier alpha value is -0.980. The van der Waals surface area contributed by atoms with Gasteiger partial charge in [0, 0.05) is 0 Å². The van der Waals surface area contributed by atoms with E-state index in [-0.39, 0.29) is 0 Å². The average molecular weight is 333 g/mol. The number of hydrogen-bond donors (Lipinski definition) is 0. The van der Waals surface area contributed by atoms with E-state index in [1.807, 2.05) is 0 Å². The van der Waals surface area contributed by atoms with Gasteiger partial charge in [0.15, 0.2) is 0 Å². The molecule has 0 aliphatic heterocycles. The zero-order valence-corrected chi connectivity index (χ0v) is 12.8. The van der Waals surface area contributed by atoms with E-state index in [9.17, 15) is 22.8 Å². The van der Waals surface area contributed by atoms with Crippen molar-refractivity contribution in [1.29, 1.82) is 0 Å². The maximum atomic E-state index is 11.8.